The molecule has 3 aromatic carbocycles. The molecule has 5 heteroatoms. The van der Waals surface area contributed by atoms with Gasteiger partial charge in [0.15, 0.2) is 5.84 Å². The zero-order valence-electron chi connectivity index (χ0n) is 16.4. The maximum atomic E-state index is 11.7. The van der Waals surface area contributed by atoms with E-state index in [1.807, 2.05) is 79.8 Å². The molecule has 1 N–H and O–H groups in total. The van der Waals surface area contributed by atoms with Crippen LogP contribution < -0.4 is 5.32 Å². The van der Waals surface area contributed by atoms with Gasteiger partial charge in [-0.3, -0.25) is 4.79 Å². The lowest BCUT2D eigenvalue weighted by molar-refractivity contribution is -0.114. The third-order valence-corrected chi connectivity index (χ3v) is 4.77. The normalized spacial score (nSPS) is 16.1. The van der Waals surface area contributed by atoms with Crippen LogP contribution in [0.4, 0.5) is 5.69 Å². The van der Waals surface area contributed by atoms with Gasteiger partial charge in [0, 0.05) is 25.1 Å². The van der Waals surface area contributed by atoms with Crippen molar-refractivity contribution in [3.05, 3.63) is 102 Å². The van der Waals surface area contributed by atoms with E-state index in [-0.39, 0.29) is 12.1 Å². The van der Waals surface area contributed by atoms with Crippen molar-refractivity contribution in [3.63, 3.8) is 0 Å². The molecule has 0 fully saturated rings. The molecule has 29 heavy (non-hydrogen) atoms. The van der Waals surface area contributed by atoms with Crippen LogP contribution in [0.15, 0.2) is 94.9 Å². The Balaban J connectivity index is 1.87. The Bertz CT molecular complexity index is 1070. The van der Waals surface area contributed by atoms with E-state index >= 15 is 0 Å². The van der Waals surface area contributed by atoms with Gasteiger partial charge in [0.05, 0.1) is 5.69 Å². The lowest BCUT2D eigenvalue weighted by atomic mass is 10.1. The summed E-state index contributed by atoms with van der Waals surface area (Å²) in [6, 6.07) is 27.8. The van der Waals surface area contributed by atoms with Crippen LogP contribution in [-0.2, 0) is 4.79 Å². The molecular formula is C24H22N4O. The van der Waals surface area contributed by atoms with Crippen molar-refractivity contribution < 1.29 is 4.79 Å². The molecule has 0 saturated heterocycles. The van der Waals surface area contributed by atoms with Crippen molar-refractivity contribution in [3.8, 4) is 0 Å². The lowest BCUT2D eigenvalue weighted by Crippen LogP contribution is -2.35. The maximum Gasteiger partial charge on any atom is 0.221 e. The monoisotopic (exact) mass is 382 g/mol. The highest BCUT2D eigenvalue weighted by atomic mass is 16.1. The second-order valence-corrected chi connectivity index (χ2v) is 6.88. The molecule has 0 saturated carbocycles. The first-order valence-electron chi connectivity index (χ1n) is 9.50. The number of benzene rings is 3. The third kappa shape index (κ3) is 3.94. The summed E-state index contributed by atoms with van der Waals surface area (Å²) in [6.07, 6.45) is -0.218. The summed E-state index contributed by atoms with van der Waals surface area (Å²) in [5.74, 6) is 1.31. The van der Waals surface area contributed by atoms with Gasteiger partial charge in [-0.25, -0.2) is 9.98 Å². The number of aliphatic imine (C=N–C) groups is 2. The van der Waals surface area contributed by atoms with Crippen LogP contribution in [0.5, 0.6) is 0 Å². The SMILES string of the molecule is CC(=O)Nc1ccccc1C1=NC(c2ccccc2)N(C)C(c2ccccc2)=N1. The maximum absolute atomic E-state index is 11.7. The van der Waals surface area contributed by atoms with Gasteiger partial charge in [0.1, 0.15) is 12.0 Å². The van der Waals surface area contributed by atoms with E-state index in [0.717, 1.165) is 22.5 Å². The van der Waals surface area contributed by atoms with Gasteiger partial charge in [-0.1, -0.05) is 72.8 Å². The molecule has 1 unspecified atom stereocenters. The van der Waals surface area contributed by atoms with Crippen LogP contribution in [0.25, 0.3) is 0 Å². The van der Waals surface area contributed by atoms with E-state index in [1.165, 1.54) is 6.92 Å². The summed E-state index contributed by atoms with van der Waals surface area (Å²) in [6.45, 7) is 1.50. The van der Waals surface area contributed by atoms with Crippen molar-refractivity contribution in [1.29, 1.82) is 0 Å². The lowest BCUT2D eigenvalue weighted by Gasteiger charge is -2.32. The summed E-state index contributed by atoms with van der Waals surface area (Å²) in [5.41, 5.74) is 3.59. The number of anilines is 1. The fraction of sp³-hybridized carbons (Fsp3) is 0.125. The predicted octanol–water partition coefficient (Wildman–Crippen LogP) is 4.48. The Morgan fingerprint density at radius 1 is 0.897 bits per heavy atom. The first-order valence-corrected chi connectivity index (χ1v) is 9.50. The molecular weight excluding hydrogens is 360 g/mol. The van der Waals surface area contributed by atoms with Crippen LogP contribution in [0.3, 0.4) is 0 Å². The number of nitrogens with one attached hydrogen (secondary N) is 1. The van der Waals surface area contributed by atoms with Gasteiger partial charge < -0.3 is 10.2 Å². The average molecular weight is 382 g/mol. The largest absolute Gasteiger partial charge is 0.333 e. The van der Waals surface area contributed by atoms with Gasteiger partial charge in [0.2, 0.25) is 5.91 Å². The van der Waals surface area contributed by atoms with Crippen molar-refractivity contribution in [2.24, 2.45) is 9.98 Å². The third-order valence-electron chi connectivity index (χ3n) is 4.77. The zero-order chi connectivity index (χ0) is 20.2. The Morgan fingerprint density at radius 2 is 1.52 bits per heavy atom. The number of carbonyl (C=O) groups is 1. The summed E-state index contributed by atoms with van der Waals surface area (Å²) < 4.78 is 0. The quantitative estimate of drug-likeness (QED) is 0.723. The Labute approximate surface area is 170 Å². The fourth-order valence-electron chi connectivity index (χ4n) is 3.41. The molecule has 0 bridgehead atoms. The fourth-order valence-corrected chi connectivity index (χ4v) is 3.41. The molecule has 3 aromatic rings. The first-order chi connectivity index (χ1) is 14.1. The number of rotatable bonds is 4. The van der Waals surface area contributed by atoms with Crippen molar-refractivity contribution in [2.75, 3.05) is 12.4 Å². The Hall–Kier alpha value is -3.73. The molecule has 144 valence electrons. The highest BCUT2D eigenvalue weighted by Gasteiger charge is 2.27. The van der Waals surface area contributed by atoms with E-state index in [9.17, 15) is 4.79 Å². The molecule has 1 atom stereocenters. The summed E-state index contributed by atoms with van der Waals surface area (Å²) in [4.78, 5) is 23.6. The number of para-hydroxylation sites is 1. The highest BCUT2D eigenvalue weighted by Crippen LogP contribution is 2.29. The summed E-state index contributed by atoms with van der Waals surface area (Å²) in [7, 11) is 2.00. The van der Waals surface area contributed by atoms with Crippen LogP contribution in [0.2, 0.25) is 0 Å². The minimum absolute atomic E-state index is 0.127. The Kier molecular flexibility index (Phi) is 5.20. The minimum Gasteiger partial charge on any atom is -0.333 e. The van der Waals surface area contributed by atoms with Crippen molar-refractivity contribution in [1.82, 2.24) is 4.90 Å². The number of nitrogens with zero attached hydrogens (tertiary/aromatic N) is 3. The van der Waals surface area contributed by atoms with Crippen LogP contribution in [0.1, 0.15) is 29.8 Å². The summed E-state index contributed by atoms with van der Waals surface area (Å²) >= 11 is 0. The molecule has 1 heterocycles. The molecule has 1 aliphatic rings. The van der Waals surface area contributed by atoms with E-state index in [0.29, 0.717) is 11.5 Å². The molecule has 0 spiro atoms. The first kappa shape index (κ1) is 18.6. The second kappa shape index (κ2) is 8.10. The smallest absolute Gasteiger partial charge is 0.221 e. The number of hydrogen-bond donors (Lipinski definition) is 1. The van der Waals surface area contributed by atoms with Gasteiger partial charge >= 0.3 is 0 Å². The molecule has 5 nitrogen and oxygen atoms in total. The topological polar surface area (TPSA) is 57.1 Å². The van der Waals surface area contributed by atoms with Crippen molar-refractivity contribution >= 4 is 23.3 Å². The molecule has 4 rings (SSSR count). The van der Waals surface area contributed by atoms with Gasteiger partial charge in [-0.2, -0.15) is 0 Å². The minimum atomic E-state index is -0.218. The predicted molar refractivity (Wildman–Crippen MR) is 117 cm³/mol. The number of hydrogen-bond acceptors (Lipinski definition) is 4. The molecule has 1 aliphatic heterocycles. The van der Waals surface area contributed by atoms with E-state index in [2.05, 4.69) is 22.3 Å². The van der Waals surface area contributed by atoms with E-state index in [4.69, 9.17) is 9.98 Å². The van der Waals surface area contributed by atoms with Gasteiger partial charge in [0.25, 0.3) is 0 Å². The summed E-state index contributed by atoms with van der Waals surface area (Å²) in [5, 5.41) is 2.89. The Morgan fingerprint density at radius 3 is 2.21 bits per heavy atom. The van der Waals surface area contributed by atoms with E-state index in [1.54, 1.807) is 0 Å². The van der Waals surface area contributed by atoms with Crippen LogP contribution in [-0.4, -0.2) is 29.5 Å². The average Bonchev–Trinajstić information content (AvgIpc) is 2.75. The standard InChI is InChI=1S/C24H22N4O/c1-17(29)25-21-16-10-9-15-20(21)22-26-23(18-11-5-3-6-12-18)28(2)24(27-22)19-13-7-4-8-14-19/h3-16,23H,1-2H3,(H,25,29). The molecule has 0 aliphatic carbocycles. The number of amides is 1. The molecule has 1 amide bonds. The highest BCUT2D eigenvalue weighted by molar-refractivity contribution is 6.15. The van der Waals surface area contributed by atoms with Crippen molar-refractivity contribution in [2.45, 2.75) is 13.1 Å². The van der Waals surface area contributed by atoms with Gasteiger partial charge in [-0.05, 0) is 17.7 Å². The van der Waals surface area contributed by atoms with Crippen LogP contribution >= 0.6 is 0 Å². The number of carbonyl (C=O) groups excluding carboxylic acids is 1. The molecule has 0 aromatic heterocycles. The molecule has 0 radical (unpaired) electrons. The van der Waals surface area contributed by atoms with E-state index < -0.39 is 0 Å². The number of amidine groups is 2. The second-order valence-electron chi connectivity index (χ2n) is 6.88. The van der Waals surface area contributed by atoms with Crippen LogP contribution in [0, 0.1) is 0 Å². The zero-order valence-corrected chi connectivity index (χ0v) is 16.4. The van der Waals surface area contributed by atoms with Gasteiger partial charge in [-0.15, -0.1) is 0 Å².